The van der Waals surface area contributed by atoms with E-state index in [2.05, 4.69) is 38.1 Å². The van der Waals surface area contributed by atoms with Gasteiger partial charge in [0.2, 0.25) is 0 Å². The second-order valence-corrected chi connectivity index (χ2v) is 13.6. The van der Waals surface area contributed by atoms with Crippen LogP contribution >= 0.6 is 0 Å². The predicted octanol–water partition coefficient (Wildman–Crippen LogP) is 6.32. The molecule has 43 heavy (non-hydrogen) atoms. The number of hydrogen-bond acceptors (Lipinski definition) is 7. The van der Waals surface area contributed by atoms with Gasteiger partial charge in [-0.05, 0) is 49.4 Å². The highest BCUT2D eigenvalue weighted by molar-refractivity contribution is 5.98. The minimum atomic E-state index is -1.20. The quantitative estimate of drug-likeness (QED) is 0.183. The summed E-state index contributed by atoms with van der Waals surface area (Å²) in [6.45, 7) is 4.91. The van der Waals surface area contributed by atoms with Crippen LogP contribution in [0.5, 0.6) is 11.5 Å². The van der Waals surface area contributed by atoms with Crippen LogP contribution in [0, 0.1) is 35.5 Å². The maximum absolute atomic E-state index is 14.6. The van der Waals surface area contributed by atoms with Crippen molar-refractivity contribution in [3.63, 3.8) is 0 Å². The van der Waals surface area contributed by atoms with Crippen LogP contribution in [-0.4, -0.2) is 50.6 Å². The van der Waals surface area contributed by atoms with Crippen molar-refractivity contribution in [2.24, 2.45) is 35.5 Å². The normalized spacial score (nSPS) is 38.3. The highest BCUT2D eigenvalue weighted by atomic mass is 16.6. The zero-order valence-electron chi connectivity index (χ0n) is 25.6. The fourth-order valence-electron chi connectivity index (χ4n) is 10.8. The minimum Gasteiger partial charge on any atom is -0.496 e. The molecule has 7 heteroatoms. The van der Waals surface area contributed by atoms with Gasteiger partial charge in [-0.25, -0.2) is 9.59 Å². The van der Waals surface area contributed by atoms with Gasteiger partial charge in [0.15, 0.2) is 11.2 Å². The number of allylic oxidation sites excluding steroid dienone is 2. The monoisotopic (exact) mass is 586 g/mol. The molecule has 8 rings (SSSR count). The number of hydrogen-bond donors (Lipinski definition) is 0. The molecule has 2 aromatic carbocycles. The summed E-state index contributed by atoms with van der Waals surface area (Å²) >= 11 is 0. The number of rotatable bonds is 10. The average Bonchev–Trinajstić information content (AvgIpc) is 3.86. The van der Waals surface area contributed by atoms with Gasteiger partial charge in [0, 0.05) is 45.6 Å². The van der Waals surface area contributed by atoms with E-state index in [1.54, 1.807) is 14.2 Å². The van der Waals surface area contributed by atoms with Gasteiger partial charge in [-0.2, -0.15) is 0 Å². The molecule has 4 aliphatic carbocycles. The van der Waals surface area contributed by atoms with E-state index < -0.39 is 11.2 Å². The van der Waals surface area contributed by atoms with Gasteiger partial charge >= 0.3 is 11.9 Å². The van der Waals surface area contributed by atoms with E-state index in [0.717, 1.165) is 71.9 Å². The van der Waals surface area contributed by atoms with Crippen LogP contribution in [0.1, 0.15) is 75.3 Å². The van der Waals surface area contributed by atoms with Crippen LogP contribution < -0.4 is 9.47 Å². The highest BCUT2D eigenvalue weighted by Gasteiger charge is 2.89. The summed E-state index contributed by atoms with van der Waals surface area (Å²) in [7, 11) is 3.46. The molecule has 6 bridgehead atoms. The van der Waals surface area contributed by atoms with Gasteiger partial charge in [-0.15, -0.1) is 0 Å². The lowest BCUT2D eigenvalue weighted by Gasteiger charge is -2.48. The topological polar surface area (TPSA) is 80.3 Å². The van der Waals surface area contributed by atoms with Crippen molar-refractivity contribution in [2.45, 2.75) is 75.4 Å². The molecule has 10 atom stereocenters. The number of unbranched alkanes of at least 4 members (excludes halogenated alkanes) is 2. The molecule has 2 aliphatic heterocycles. The zero-order chi connectivity index (χ0) is 29.7. The Labute approximate surface area is 253 Å². The fourth-order valence-corrected chi connectivity index (χ4v) is 10.8. The molecule has 2 saturated heterocycles. The summed E-state index contributed by atoms with van der Waals surface area (Å²) in [5, 5.41) is 2.01. The van der Waals surface area contributed by atoms with Crippen molar-refractivity contribution in [2.75, 3.05) is 27.4 Å². The Morgan fingerprint density at radius 3 is 1.63 bits per heavy atom. The van der Waals surface area contributed by atoms with E-state index in [9.17, 15) is 9.59 Å². The summed E-state index contributed by atoms with van der Waals surface area (Å²) in [5.41, 5.74) is -0.160. The summed E-state index contributed by atoms with van der Waals surface area (Å²) in [6, 6.07) is 8.20. The van der Waals surface area contributed by atoms with E-state index in [1.165, 1.54) is 0 Å². The molecule has 228 valence electrons. The number of carbonyl (C=O) groups is 2. The molecule has 6 aliphatic rings. The van der Waals surface area contributed by atoms with Crippen LogP contribution in [0.3, 0.4) is 0 Å². The largest absolute Gasteiger partial charge is 0.496 e. The molecule has 2 aromatic rings. The maximum atomic E-state index is 14.6. The third kappa shape index (κ3) is 3.20. The Hall–Kier alpha value is -3.06. The number of fused-ring (bicyclic) bond motifs is 20. The Bertz CT molecular complexity index is 1420. The Morgan fingerprint density at radius 2 is 1.21 bits per heavy atom. The molecule has 0 N–H and O–H groups in total. The smallest absolute Gasteiger partial charge is 0.339 e. The first kappa shape index (κ1) is 27.5. The standard InChI is InChI=1S/C36H42O7/c1-5-7-15-41-33(37)35-27-19-13-14-20(17-19)28(27)36(43-35,34(38)42-16-8-6-2)30-24-18-23(29(30)35)25-26(24)32(40-4)22-12-10-9-11-21(22)31(25)39-3/h9-14,19-20,23-24,27-30H,5-8,15-18H2,1-4H3/t19-,20+,23-,24+,27+,28-,29-,30+,35+,36-. The molecular weight excluding hydrogens is 544 g/mol. The van der Waals surface area contributed by atoms with Gasteiger partial charge < -0.3 is 23.7 Å². The molecule has 2 saturated carbocycles. The van der Waals surface area contributed by atoms with Gasteiger partial charge in [0.1, 0.15) is 11.5 Å². The van der Waals surface area contributed by atoms with E-state index >= 15 is 0 Å². The number of ether oxygens (including phenoxy) is 5. The molecule has 0 amide bonds. The molecule has 4 fully saturated rings. The average molecular weight is 587 g/mol. The van der Waals surface area contributed by atoms with Crippen LogP contribution in [0.4, 0.5) is 0 Å². The summed E-state index contributed by atoms with van der Waals surface area (Å²) in [6.07, 6.45) is 9.77. The van der Waals surface area contributed by atoms with Crippen LogP contribution in [-0.2, 0) is 23.8 Å². The molecular formula is C36H42O7. The van der Waals surface area contributed by atoms with Crippen molar-refractivity contribution in [3.05, 3.63) is 47.5 Å². The minimum absolute atomic E-state index is 0.0217. The second-order valence-electron chi connectivity index (χ2n) is 13.6. The number of methoxy groups -OCH3 is 2. The Morgan fingerprint density at radius 1 is 0.744 bits per heavy atom. The molecule has 0 spiro atoms. The van der Waals surface area contributed by atoms with E-state index in [0.29, 0.717) is 13.2 Å². The van der Waals surface area contributed by atoms with Crippen LogP contribution in [0.25, 0.3) is 10.8 Å². The maximum Gasteiger partial charge on any atom is 0.339 e. The molecule has 7 nitrogen and oxygen atoms in total. The number of carbonyl (C=O) groups excluding carboxylic acids is 2. The fraction of sp³-hybridized carbons (Fsp3) is 0.611. The Balaban J connectivity index is 1.36. The molecule has 0 aromatic heterocycles. The lowest BCUT2D eigenvalue weighted by molar-refractivity contribution is -0.190. The lowest BCUT2D eigenvalue weighted by atomic mass is 9.50. The van der Waals surface area contributed by atoms with Crippen LogP contribution in [0.15, 0.2) is 36.4 Å². The Kier molecular flexibility index (Phi) is 6.21. The summed E-state index contributed by atoms with van der Waals surface area (Å²) in [4.78, 5) is 29.2. The third-order valence-electron chi connectivity index (χ3n) is 12.0. The first-order chi connectivity index (χ1) is 21.0. The highest BCUT2D eigenvalue weighted by Crippen LogP contribution is 2.82. The molecule has 2 heterocycles. The van der Waals surface area contributed by atoms with Crippen LogP contribution in [0.2, 0.25) is 0 Å². The van der Waals surface area contributed by atoms with Gasteiger partial charge in [-0.3, -0.25) is 0 Å². The number of benzene rings is 2. The summed E-state index contributed by atoms with van der Waals surface area (Å²) in [5.74, 6) is 0.842. The lowest BCUT2D eigenvalue weighted by Crippen LogP contribution is -2.60. The first-order valence-electron chi connectivity index (χ1n) is 16.4. The molecule has 0 unspecified atom stereocenters. The van der Waals surface area contributed by atoms with E-state index in [1.807, 2.05) is 12.1 Å². The third-order valence-corrected chi connectivity index (χ3v) is 12.0. The van der Waals surface area contributed by atoms with E-state index in [4.69, 9.17) is 23.7 Å². The molecule has 0 radical (unpaired) electrons. The SMILES string of the molecule is CCCCOC(=O)[C@@]12O[C@@](C(=O)OCCCC)([C@@H]3[C@H]1[C@@H]1C[C@H]3c3c1c(OC)c1ccccc1c3OC)[C@H]1[C@@H]2[C@@H]2C=C[C@H]1C2. The number of esters is 2. The van der Waals surface area contributed by atoms with E-state index in [-0.39, 0.29) is 59.3 Å². The zero-order valence-corrected chi connectivity index (χ0v) is 25.6. The second kappa shape index (κ2) is 9.72. The predicted molar refractivity (Wildman–Crippen MR) is 160 cm³/mol. The van der Waals surface area contributed by atoms with Crippen molar-refractivity contribution < 1.29 is 33.3 Å². The van der Waals surface area contributed by atoms with Crippen molar-refractivity contribution in [1.82, 2.24) is 0 Å². The van der Waals surface area contributed by atoms with Crippen molar-refractivity contribution in [1.29, 1.82) is 0 Å². The van der Waals surface area contributed by atoms with Crippen molar-refractivity contribution >= 4 is 22.7 Å². The van der Waals surface area contributed by atoms with Gasteiger partial charge in [0.25, 0.3) is 0 Å². The van der Waals surface area contributed by atoms with Gasteiger partial charge in [-0.1, -0.05) is 63.1 Å². The van der Waals surface area contributed by atoms with Crippen molar-refractivity contribution in [3.8, 4) is 11.5 Å². The summed E-state index contributed by atoms with van der Waals surface area (Å²) < 4.78 is 31.8. The first-order valence-corrected chi connectivity index (χ1v) is 16.4. The van der Waals surface area contributed by atoms with Gasteiger partial charge in [0.05, 0.1) is 27.4 Å².